The molecule has 178 valence electrons. The van der Waals surface area contributed by atoms with Gasteiger partial charge in [0, 0.05) is 12.2 Å². The first-order valence-electron chi connectivity index (χ1n) is 11.5. The number of fused-ring (bicyclic) bond motifs is 1. The van der Waals surface area contributed by atoms with E-state index in [1.54, 1.807) is 36.5 Å². The van der Waals surface area contributed by atoms with Crippen molar-refractivity contribution in [1.82, 2.24) is 14.5 Å². The maximum absolute atomic E-state index is 13.9. The van der Waals surface area contributed by atoms with Gasteiger partial charge in [-0.1, -0.05) is 12.1 Å². The summed E-state index contributed by atoms with van der Waals surface area (Å²) in [5.74, 6) is -2.02. The highest BCUT2D eigenvalue weighted by Crippen LogP contribution is 2.45. The van der Waals surface area contributed by atoms with E-state index in [2.05, 4.69) is 4.98 Å². The molecule has 6 nitrogen and oxygen atoms in total. The number of nitrogens with zero attached hydrogens (tertiary/aromatic N) is 3. The number of piperidine rings is 1. The van der Waals surface area contributed by atoms with E-state index < -0.39 is 23.7 Å². The van der Waals surface area contributed by atoms with Gasteiger partial charge in [-0.15, -0.1) is 0 Å². The van der Waals surface area contributed by atoms with Crippen LogP contribution in [0.15, 0.2) is 48.9 Å². The number of methoxy groups -OCH3 is 1. The predicted octanol–water partition coefficient (Wildman–Crippen LogP) is 4.64. The van der Waals surface area contributed by atoms with Gasteiger partial charge in [-0.05, 0) is 68.0 Å². The van der Waals surface area contributed by atoms with Crippen molar-refractivity contribution >= 4 is 5.91 Å². The number of aryl methyl sites for hydroxylation is 1. The van der Waals surface area contributed by atoms with Crippen LogP contribution < -0.4 is 4.74 Å². The molecule has 2 fully saturated rings. The second-order valence-corrected chi connectivity index (χ2v) is 9.15. The standard InChI is InChI=1S/C26H27F2N3O3/c1-15-13-30(14-29-15)23-9-4-17(12-24(23)34-2)25(32)19-7-5-18-6-10-22(31(18)26(19)33)16-3-8-20(27)21(28)11-16/h3-4,8-9,11-14,18-19,22,25,32H,5-7,10H2,1-2H3. The first-order valence-corrected chi connectivity index (χ1v) is 11.5. The quantitative estimate of drug-likeness (QED) is 0.594. The highest BCUT2D eigenvalue weighted by molar-refractivity contribution is 5.81. The fraction of sp³-hybridized carbons (Fsp3) is 0.385. The zero-order valence-electron chi connectivity index (χ0n) is 19.1. The Bertz CT molecular complexity index is 1230. The third-order valence-electron chi connectivity index (χ3n) is 7.13. The van der Waals surface area contributed by atoms with Gasteiger partial charge in [0.1, 0.15) is 5.75 Å². The van der Waals surface area contributed by atoms with Crippen LogP contribution in [-0.4, -0.2) is 38.6 Å². The van der Waals surface area contributed by atoms with Gasteiger partial charge in [0.05, 0.1) is 42.9 Å². The first kappa shape index (κ1) is 22.5. The normalized spacial score (nSPS) is 23.1. The lowest BCUT2D eigenvalue weighted by Crippen LogP contribution is -2.47. The molecule has 34 heavy (non-hydrogen) atoms. The van der Waals surface area contributed by atoms with Crippen LogP contribution >= 0.6 is 0 Å². The van der Waals surface area contributed by atoms with Gasteiger partial charge in [0.25, 0.3) is 0 Å². The average molecular weight is 468 g/mol. The number of aliphatic hydroxyl groups excluding tert-OH is 1. The maximum atomic E-state index is 13.9. The number of hydrogen-bond donors (Lipinski definition) is 1. The zero-order chi connectivity index (χ0) is 24.0. The Morgan fingerprint density at radius 2 is 1.88 bits per heavy atom. The number of aliphatic hydroxyl groups is 1. The fourth-order valence-electron chi connectivity index (χ4n) is 5.40. The van der Waals surface area contributed by atoms with Crippen molar-refractivity contribution < 1.29 is 23.4 Å². The van der Waals surface area contributed by atoms with Crippen LogP contribution in [-0.2, 0) is 4.79 Å². The zero-order valence-corrected chi connectivity index (χ0v) is 19.1. The maximum Gasteiger partial charge on any atom is 0.229 e. The number of hydrogen-bond acceptors (Lipinski definition) is 4. The van der Waals surface area contributed by atoms with Crippen molar-refractivity contribution in [2.45, 2.75) is 50.8 Å². The number of imidazole rings is 1. The Morgan fingerprint density at radius 1 is 1.09 bits per heavy atom. The molecule has 1 amide bonds. The molecule has 4 atom stereocenters. The Hall–Kier alpha value is -3.26. The molecule has 0 bridgehead atoms. The van der Waals surface area contributed by atoms with E-state index in [0.717, 1.165) is 30.3 Å². The minimum Gasteiger partial charge on any atom is -0.495 e. The lowest BCUT2D eigenvalue weighted by molar-refractivity contribution is -0.147. The van der Waals surface area contributed by atoms with Gasteiger partial charge in [-0.2, -0.15) is 0 Å². The van der Waals surface area contributed by atoms with Crippen LogP contribution in [0.2, 0.25) is 0 Å². The molecule has 0 radical (unpaired) electrons. The minimum absolute atomic E-state index is 0.0513. The summed E-state index contributed by atoms with van der Waals surface area (Å²) in [6.07, 6.45) is 5.40. The predicted molar refractivity (Wildman–Crippen MR) is 122 cm³/mol. The van der Waals surface area contributed by atoms with Crippen molar-refractivity contribution in [1.29, 1.82) is 0 Å². The fourth-order valence-corrected chi connectivity index (χ4v) is 5.40. The number of halogens is 2. The number of benzene rings is 2. The van der Waals surface area contributed by atoms with Gasteiger partial charge in [-0.3, -0.25) is 4.79 Å². The molecule has 5 rings (SSSR count). The molecule has 3 aromatic rings. The largest absolute Gasteiger partial charge is 0.495 e. The smallest absolute Gasteiger partial charge is 0.229 e. The molecule has 2 aliphatic rings. The van der Waals surface area contributed by atoms with Crippen molar-refractivity contribution in [3.8, 4) is 11.4 Å². The van der Waals surface area contributed by atoms with Gasteiger partial charge in [0.15, 0.2) is 11.6 Å². The number of carbonyl (C=O) groups excluding carboxylic acids is 1. The lowest BCUT2D eigenvalue weighted by Gasteiger charge is -2.40. The third-order valence-corrected chi connectivity index (χ3v) is 7.13. The van der Waals surface area contributed by atoms with Crippen LogP contribution in [0, 0.1) is 24.5 Å². The molecule has 4 unspecified atom stereocenters. The summed E-state index contributed by atoms with van der Waals surface area (Å²) < 4.78 is 34.7. The first-order chi connectivity index (χ1) is 16.4. The molecular weight excluding hydrogens is 440 g/mol. The molecule has 2 aromatic carbocycles. The summed E-state index contributed by atoms with van der Waals surface area (Å²) in [5, 5.41) is 11.2. The second kappa shape index (κ2) is 8.83. The van der Waals surface area contributed by atoms with E-state index in [0.29, 0.717) is 29.7 Å². The van der Waals surface area contributed by atoms with Crippen LogP contribution in [0.5, 0.6) is 5.75 Å². The summed E-state index contributed by atoms with van der Waals surface area (Å²) in [4.78, 5) is 19.6. The Morgan fingerprint density at radius 3 is 2.59 bits per heavy atom. The van der Waals surface area contributed by atoms with E-state index in [-0.39, 0.29) is 18.0 Å². The number of carbonyl (C=O) groups is 1. The van der Waals surface area contributed by atoms with Crippen LogP contribution in [0.1, 0.15) is 54.6 Å². The lowest BCUT2D eigenvalue weighted by atomic mass is 9.85. The topological polar surface area (TPSA) is 67.6 Å². The molecule has 0 spiro atoms. The van der Waals surface area contributed by atoms with Gasteiger partial charge in [-0.25, -0.2) is 13.8 Å². The molecule has 8 heteroatoms. The number of ether oxygens (including phenoxy) is 1. The molecule has 2 saturated heterocycles. The molecule has 3 heterocycles. The van der Waals surface area contributed by atoms with E-state index in [4.69, 9.17) is 4.74 Å². The molecular formula is C26H27F2N3O3. The van der Waals surface area contributed by atoms with Crippen molar-refractivity contribution in [2.24, 2.45) is 5.92 Å². The van der Waals surface area contributed by atoms with Crippen molar-refractivity contribution in [2.75, 3.05) is 7.11 Å². The SMILES string of the molecule is COc1cc(C(O)C2CCC3CCC(c4ccc(F)c(F)c4)N3C2=O)ccc1-n1cnc(C)c1. The van der Waals surface area contributed by atoms with E-state index in [1.807, 2.05) is 23.8 Å². The van der Waals surface area contributed by atoms with E-state index in [1.165, 1.54) is 6.07 Å². The van der Waals surface area contributed by atoms with Crippen LogP contribution in [0.4, 0.5) is 8.78 Å². The summed E-state index contributed by atoms with van der Waals surface area (Å²) >= 11 is 0. The molecule has 2 aliphatic heterocycles. The second-order valence-electron chi connectivity index (χ2n) is 9.15. The summed E-state index contributed by atoms with van der Waals surface area (Å²) in [5.41, 5.74) is 2.84. The number of rotatable bonds is 5. The van der Waals surface area contributed by atoms with Gasteiger partial charge in [0.2, 0.25) is 5.91 Å². The van der Waals surface area contributed by atoms with E-state index in [9.17, 15) is 18.7 Å². The average Bonchev–Trinajstić information content (AvgIpc) is 3.47. The summed E-state index contributed by atoms with van der Waals surface area (Å²) in [6, 6.07) is 8.96. The minimum atomic E-state index is -1.01. The molecule has 1 N–H and O–H groups in total. The Labute approximate surface area is 196 Å². The van der Waals surface area contributed by atoms with Crippen LogP contribution in [0.25, 0.3) is 5.69 Å². The molecule has 0 aliphatic carbocycles. The number of aromatic nitrogens is 2. The molecule has 0 saturated carbocycles. The van der Waals surface area contributed by atoms with Crippen LogP contribution in [0.3, 0.4) is 0 Å². The number of amides is 1. The van der Waals surface area contributed by atoms with E-state index >= 15 is 0 Å². The highest BCUT2D eigenvalue weighted by Gasteiger charge is 2.46. The highest BCUT2D eigenvalue weighted by atomic mass is 19.2. The Balaban J connectivity index is 1.41. The third kappa shape index (κ3) is 3.86. The van der Waals surface area contributed by atoms with Gasteiger partial charge >= 0.3 is 0 Å². The molecule has 1 aromatic heterocycles. The van der Waals surface area contributed by atoms with Crippen molar-refractivity contribution in [3.63, 3.8) is 0 Å². The summed E-state index contributed by atoms with van der Waals surface area (Å²) in [6.45, 7) is 1.90. The Kier molecular flexibility index (Phi) is 5.85. The monoisotopic (exact) mass is 467 g/mol. The van der Waals surface area contributed by atoms with Crippen molar-refractivity contribution in [3.05, 3.63) is 77.4 Å². The van der Waals surface area contributed by atoms with Gasteiger partial charge < -0.3 is 19.3 Å². The summed E-state index contributed by atoms with van der Waals surface area (Å²) in [7, 11) is 1.56.